The molecule has 0 aliphatic carbocycles. The minimum Gasteiger partial charge on any atom is -0.484 e. The maximum Gasteiger partial charge on any atom is 0.336 e. The molecule has 0 unspecified atom stereocenters. The Morgan fingerprint density at radius 2 is 1.82 bits per heavy atom. The molecule has 8 heteroatoms. The van der Waals surface area contributed by atoms with Gasteiger partial charge in [-0.1, -0.05) is 0 Å². The normalized spacial score (nSPS) is 12.0. The lowest BCUT2D eigenvalue weighted by Crippen LogP contribution is -2.21. The van der Waals surface area contributed by atoms with E-state index in [1.807, 2.05) is 0 Å². The molecule has 0 spiro atoms. The van der Waals surface area contributed by atoms with E-state index < -0.39 is 11.5 Å². The summed E-state index contributed by atoms with van der Waals surface area (Å²) in [4.78, 5) is 35.5. The highest BCUT2D eigenvalue weighted by Crippen LogP contribution is 2.37. The molecule has 0 saturated carbocycles. The Hall–Kier alpha value is -3.81. The van der Waals surface area contributed by atoms with Crippen molar-refractivity contribution in [2.45, 2.75) is 6.92 Å². The van der Waals surface area contributed by atoms with Gasteiger partial charge in [-0.15, -0.1) is 0 Å². The first-order chi connectivity index (χ1) is 13.5. The summed E-state index contributed by atoms with van der Waals surface area (Å²) in [6, 6.07) is 11.0. The number of benzene rings is 2. The number of rotatable bonds is 5. The van der Waals surface area contributed by atoms with Crippen LogP contribution < -0.4 is 25.2 Å². The summed E-state index contributed by atoms with van der Waals surface area (Å²) in [5, 5.41) is 3.38. The van der Waals surface area contributed by atoms with Gasteiger partial charge in [-0.3, -0.25) is 9.59 Å². The third-order valence-corrected chi connectivity index (χ3v) is 4.13. The Bertz CT molecular complexity index is 1150. The molecule has 1 aromatic heterocycles. The van der Waals surface area contributed by atoms with E-state index in [0.29, 0.717) is 34.1 Å². The van der Waals surface area contributed by atoms with Gasteiger partial charge in [-0.2, -0.15) is 0 Å². The zero-order valence-electron chi connectivity index (χ0n) is 14.8. The molecule has 2 heterocycles. The van der Waals surface area contributed by atoms with Crippen molar-refractivity contribution >= 4 is 28.3 Å². The molecule has 3 aromatic rings. The van der Waals surface area contributed by atoms with Crippen LogP contribution in [0.1, 0.15) is 17.3 Å². The van der Waals surface area contributed by atoms with E-state index in [1.165, 1.54) is 25.1 Å². The molecule has 0 radical (unpaired) electrons. The van der Waals surface area contributed by atoms with Gasteiger partial charge < -0.3 is 23.9 Å². The van der Waals surface area contributed by atoms with Crippen LogP contribution in [-0.4, -0.2) is 25.1 Å². The lowest BCUT2D eigenvalue weighted by atomic mass is 10.1. The summed E-state index contributed by atoms with van der Waals surface area (Å²) in [5.41, 5.74) is 0.516. The highest BCUT2D eigenvalue weighted by molar-refractivity contribution is 6.04. The zero-order chi connectivity index (χ0) is 19.7. The van der Waals surface area contributed by atoms with Gasteiger partial charge in [0.1, 0.15) is 11.3 Å². The number of ketones is 1. The number of carbonyl (C=O) groups excluding carboxylic acids is 2. The second-order valence-electron chi connectivity index (χ2n) is 6.10. The van der Waals surface area contributed by atoms with Crippen LogP contribution in [0.3, 0.4) is 0 Å². The standard InChI is InChI=1S/C20H15NO7/c1-11(22)14-7-17-18(27-10-26-17)8-15(14)21-19(23)9-25-13-4-2-12-3-5-20(24)28-16(12)6-13/h2-8H,9-10H2,1H3,(H,21,23). The number of ether oxygens (including phenoxy) is 3. The van der Waals surface area contributed by atoms with Crippen molar-refractivity contribution in [1.29, 1.82) is 0 Å². The van der Waals surface area contributed by atoms with Gasteiger partial charge >= 0.3 is 5.63 Å². The van der Waals surface area contributed by atoms with Gasteiger partial charge in [0.15, 0.2) is 23.9 Å². The van der Waals surface area contributed by atoms with E-state index in [-0.39, 0.29) is 19.2 Å². The van der Waals surface area contributed by atoms with Crippen molar-refractivity contribution in [3.8, 4) is 17.2 Å². The van der Waals surface area contributed by atoms with Crippen LogP contribution in [0.15, 0.2) is 51.7 Å². The second kappa shape index (κ2) is 7.07. The fraction of sp³-hybridized carbons (Fsp3) is 0.150. The van der Waals surface area contributed by atoms with Crippen LogP contribution in [0, 0.1) is 0 Å². The molecule has 0 bridgehead atoms. The average molecular weight is 381 g/mol. The molecule has 1 N–H and O–H groups in total. The fourth-order valence-corrected chi connectivity index (χ4v) is 2.80. The molecule has 0 saturated heterocycles. The van der Waals surface area contributed by atoms with Crippen LogP contribution in [0.4, 0.5) is 5.69 Å². The van der Waals surface area contributed by atoms with Crippen LogP contribution in [0.25, 0.3) is 11.0 Å². The van der Waals surface area contributed by atoms with Gasteiger partial charge in [-0.05, 0) is 31.2 Å². The number of amides is 1. The van der Waals surface area contributed by atoms with E-state index in [1.54, 1.807) is 24.3 Å². The third kappa shape index (κ3) is 3.52. The fourth-order valence-electron chi connectivity index (χ4n) is 2.80. The van der Waals surface area contributed by atoms with Crippen molar-refractivity contribution in [3.05, 3.63) is 58.4 Å². The average Bonchev–Trinajstić information content (AvgIpc) is 3.12. The molecule has 1 aliphatic rings. The summed E-state index contributed by atoms with van der Waals surface area (Å²) in [5.74, 6) is 0.590. The van der Waals surface area contributed by atoms with Crippen LogP contribution >= 0.6 is 0 Å². The Morgan fingerprint density at radius 3 is 2.61 bits per heavy atom. The summed E-state index contributed by atoms with van der Waals surface area (Å²) in [7, 11) is 0. The van der Waals surface area contributed by atoms with Crippen LogP contribution in [0.5, 0.6) is 17.2 Å². The lowest BCUT2D eigenvalue weighted by Gasteiger charge is -2.11. The van der Waals surface area contributed by atoms with Gasteiger partial charge in [0.05, 0.1) is 5.69 Å². The van der Waals surface area contributed by atoms with Crippen LogP contribution in [0.2, 0.25) is 0 Å². The van der Waals surface area contributed by atoms with Crippen LogP contribution in [-0.2, 0) is 4.79 Å². The number of hydrogen-bond donors (Lipinski definition) is 1. The maximum absolute atomic E-state index is 12.3. The molecule has 4 rings (SSSR count). The Balaban J connectivity index is 1.48. The minimum atomic E-state index is -0.470. The SMILES string of the molecule is CC(=O)c1cc2c(cc1NC(=O)COc1ccc3ccc(=O)oc3c1)OCO2. The molecule has 0 atom stereocenters. The monoisotopic (exact) mass is 381 g/mol. The van der Waals surface area contributed by atoms with Crippen molar-refractivity contribution < 1.29 is 28.2 Å². The smallest absolute Gasteiger partial charge is 0.336 e. The highest BCUT2D eigenvalue weighted by atomic mass is 16.7. The van der Waals surface area contributed by atoms with Crippen molar-refractivity contribution in [1.82, 2.24) is 0 Å². The Kier molecular flexibility index (Phi) is 4.44. The Labute approximate surface area is 158 Å². The topological polar surface area (TPSA) is 104 Å². The van der Waals surface area contributed by atoms with Crippen molar-refractivity contribution in [2.24, 2.45) is 0 Å². The van der Waals surface area contributed by atoms with Gasteiger partial charge in [0.25, 0.3) is 5.91 Å². The maximum atomic E-state index is 12.3. The summed E-state index contributed by atoms with van der Waals surface area (Å²) in [6.45, 7) is 1.16. The number of anilines is 1. The summed E-state index contributed by atoms with van der Waals surface area (Å²) >= 11 is 0. The third-order valence-electron chi connectivity index (χ3n) is 4.13. The first kappa shape index (κ1) is 17.6. The number of Topliss-reactive ketones (excluding diaryl/α,β-unsaturated/α-hetero) is 1. The number of fused-ring (bicyclic) bond motifs is 2. The number of carbonyl (C=O) groups is 2. The van der Waals surface area contributed by atoms with E-state index in [9.17, 15) is 14.4 Å². The molecule has 142 valence electrons. The Morgan fingerprint density at radius 1 is 1.07 bits per heavy atom. The van der Waals surface area contributed by atoms with Crippen molar-refractivity contribution in [3.63, 3.8) is 0 Å². The number of hydrogen-bond acceptors (Lipinski definition) is 7. The first-order valence-electron chi connectivity index (χ1n) is 8.41. The summed E-state index contributed by atoms with van der Waals surface area (Å²) < 4.78 is 21.1. The molecule has 2 aromatic carbocycles. The van der Waals surface area contributed by atoms with Gasteiger partial charge in [0, 0.05) is 29.1 Å². The summed E-state index contributed by atoms with van der Waals surface area (Å²) in [6.07, 6.45) is 0. The lowest BCUT2D eigenvalue weighted by molar-refractivity contribution is -0.118. The molecular formula is C20H15NO7. The molecule has 8 nitrogen and oxygen atoms in total. The molecule has 1 aliphatic heterocycles. The highest BCUT2D eigenvalue weighted by Gasteiger charge is 2.20. The molecule has 28 heavy (non-hydrogen) atoms. The largest absolute Gasteiger partial charge is 0.484 e. The van der Waals surface area contributed by atoms with E-state index >= 15 is 0 Å². The van der Waals surface area contributed by atoms with Crippen molar-refractivity contribution in [2.75, 3.05) is 18.7 Å². The molecule has 0 fully saturated rings. The zero-order valence-corrected chi connectivity index (χ0v) is 14.8. The van der Waals surface area contributed by atoms with E-state index in [0.717, 1.165) is 5.39 Å². The van der Waals surface area contributed by atoms with E-state index in [4.69, 9.17) is 18.6 Å². The first-order valence-corrected chi connectivity index (χ1v) is 8.41. The quantitative estimate of drug-likeness (QED) is 0.535. The molecular weight excluding hydrogens is 366 g/mol. The van der Waals surface area contributed by atoms with E-state index in [2.05, 4.69) is 5.32 Å². The van der Waals surface area contributed by atoms with Gasteiger partial charge in [-0.25, -0.2) is 4.79 Å². The van der Waals surface area contributed by atoms with Gasteiger partial charge in [0.2, 0.25) is 6.79 Å². The molecule has 1 amide bonds. The second-order valence-corrected chi connectivity index (χ2v) is 6.10. The minimum absolute atomic E-state index is 0.0608. The number of nitrogens with one attached hydrogen (secondary N) is 1. The predicted molar refractivity (Wildman–Crippen MR) is 99.2 cm³/mol. The predicted octanol–water partition coefficient (Wildman–Crippen LogP) is 2.74.